The van der Waals surface area contributed by atoms with E-state index in [4.69, 9.17) is 4.74 Å². The van der Waals surface area contributed by atoms with Crippen LogP contribution in [0.3, 0.4) is 0 Å². The van der Waals surface area contributed by atoms with Gasteiger partial charge in [-0.3, -0.25) is 4.90 Å². The van der Waals surface area contributed by atoms with Gasteiger partial charge in [-0.2, -0.15) is 0 Å². The molecule has 20 heavy (non-hydrogen) atoms. The third-order valence-electron chi connectivity index (χ3n) is 3.30. The first-order chi connectivity index (χ1) is 9.84. The van der Waals surface area contributed by atoms with Crippen molar-refractivity contribution in [2.45, 2.75) is 53.6 Å². The molecule has 0 aliphatic carbocycles. The number of hydrogen-bond acceptors (Lipinski definition) is 3. The minimum Gasteiger partial charge on any atom is -0.376 e. The second kappa shape index (κ2) is 16.5. The zero-order chi connectivity index (χ0) is 15.8. The third kappa shape index (κ3) is 10.3. The van der Waals surface area contributed by atoms with Crippen LogP contribution in [0, 0.1) is 18.8 Å². The van der Waals surface area contributed by atoms with Gasteiger partial charge in [0.05, 0.1) is 12.7 Å². The van der Waals surface area contributed by atoms with Gasteiger partial charge < -0.3 is 10.1 Å². The number of rotatable bonds is 2. The minimum absolute atomic E-state index is 0.436. The summed E-state index contributed by atoms with van der Waals surface area (Å²) in [5.41, 5.74) is 0. The number of nitrogens with one attached hydrogen (secondary N) is 1. The molecule has 0 aromatic carbocycles. The van der Waals surface area contributed by atoms with Crippen LogP contribution in [0.15, 0.2) is 0 Å². The molecule has 0 amide bonds. The normalized spacial score (nSPS) is 23.1. The quantitative estimate of drug-likeness (QED) is 0.789. The largest absolute Gasteiger partial charge is 0.376 e. The van der Waals surface area contributed by atoms with E-state index in [2.05, 4.69) is 30.0 Å². The molecular weight excluding hydrogens is 248 g/mol. The van der Waals surface area contributed by atoms with E-state index >= 15 is 0 Å². The summed E-state index contributed by atoms with van der Waals surface area (Å²) in [6, 6.07) is 0. The van der Waals surface area contributed by atoms with Crippen molar-refractivity contribution in [2.24, 2.45) is 5.92 Å². The Kier molecular flexibility index (Phi) is 17.9. The first-order valence-corrected chi connectivity index (χ1v) is 8.22. The lowest BCUT2D eigenvalue weighted by Gasteiger charge is -2.35. The van der Waals surface area contributed by atoms with Crippen LogP contribution in [0.5, 0.6) is 0 Å². The summed E-state index contributed by atoms with van der Waals surface area (Å²) >= 11 is 0. The average Bonchev–Trinajstić information content (AvgIpc) is 2.54. The molecular formula is C17H36N2O. The molecule has 2 aliphatic rings. The Labute approximate surface area is 127 Å². The van der Waals surface area contributed by atoms with Crippen molar-refractivity contribution < 1.29 is 4.74 Å². The van der Waals surface area contributed by atoms with Crippen molar-refractivity contribution >= 4 is 0 Å². The molecule has 0 aromatic heterocycles. The van der Waals surface area contributed by atoms with Crippen LogP contribution in [0.25, 0.3) is 0 Å². The van der Waals surface area contributed by atoms with E-state index < -0.39 is 0 Å². The second-order valence-corrected chi connectivity index (χ2v) is 4.63. The standard InChI is InChI=1S/C11H22N2O.2C2H6.C2H2/c1-10-8-13(6-7-14-10)9-11-2-4-12-5-3-11;3*1-2/h10-12H,2-9H2,1H3;2*1-2H3;1-2H/t10-;;;/m0.../s1. The molecule has 1 N–H and O–H groups in total. The van der Waals surface area contributed by atoms with Gasteiger partial charge in [-0.05, 0) is 38.8 Å². The van der Waals surface area contributed by atoms with E-state index in [0.717, 1.165) is 25.6 Å². The van der Waals surface area contributed by atoms with Gasteiger partial charge in [-0.1, -0.05) is 27.7 Å². The number of terminal acetylenes is 1. The maximum absolute atomic E-state index is 5.54. The fourth-order valence-electron chi connectivity index (χ4n) is 2.49. The highest BCUT2D eigenvalue weighted by atomic mass is 16.5. The Morgan fingerprint density at radius 1 is 1.10 bits per heavy atom. The second-order valence-electron chi connectivity index (χ2n) is 4.63. The van der Waals surface area contributed by atoms with E-state index in [9.17, 15) is 0 Å². The van der Waals surface area contributed by atoms with Crippen LogP contribution in [0.1, 0.15) is 47.5 Å². The van der Waals surface area contributed by atoms with Gasteiger partial charge in [0.1, 0.15) is 0 Å². The molecule has 0 bridgehead atoms. The van der Waals surface area contributed by atoms with Gasteiger partial charge in [0.25, 0.3) is 0 Å². The van der Waals surface area contributed by atoms with E-state index in [0.29, 0.717) is 6.10 Å². The molecule has 0 spiro atoms. The number of nitrogens with zero attached hydrogens (tertiary/aromatic N) is 1. The lowest BCUT2D eigenvalue weighted by molar-refractivity contribution is -0.0243. The van der Waals surface area contributed by atoms with Crippen molar-refractivity contribution in [1.29, 1.82) is 0 Å². The van der Waals surface area contributed by atoms with Crippen molar-refractivity contribution in [3.8, 4) is 12.8 Å². The Morgan fingerprint density at radius 2 is 1.65 bits per heavy atom. The van der Waals surface area contributed by atoms with E-state index in [1.807, 2.05) is 27.7 Å². The lowest BCUT2D eigenvalue weighted by atomic mass is 9.97. The summed E-state index contributed by atoms with van der Waals surface area (Å²) in [6.07, 6.45) is 11.1. The number of morpholine rings is 1. The molecule has 0 aromatic rings. The first-order valence-electron chi connectivity index (χ1n) is 8.22. The zero-order valence-corrected chi connectivity index (χ0v) is 14.3. The van der Waals surface area contributed by atoms with Gasteiger partial charge in [0, 0.05) is 19.6 Å². The number of ether oxygens (including phenoxy) is 1. The summed E-state index contributed by atoms with van der Waals surface area (Å²) in [5, 5.41) is 3.42. The van der Waals surface area contributed by atoms with Gasteiger partial charge in [-0.25, -0.2) is 0 Å². The molecule has 3 nitrogen and oxygen atoms in total. The number of hydrogen-bond donors (Lipinski definition) is 1. The average molecular weight is 284 g/mol. The molecule has 2 heterocycles. The summed E-state index contributed by atoms with van der Waals surface area (Å²) in [6.45, 7) is 17.1. The lowest BCUT2D eigenvalue weighted by Crippen LogP contribution is -2.44. The predicted molar refractivity (Wildman–Crippen MR) is 90.0 cm³/mol. The zero-order valence-electron chi connectivity index (χ0n) is 14.3. The smallest absolute Gasteiger partial charge is 0.0674 e. The van der Waals surface area contributed by atoms with Crippen LogP contribution in [0.2, 0.25) is 0 Å². The van der Waals surface area contributed by atoms with E-state index in [1.165, 1.54) is 32.5 Å². The highest BCUT2D eigenvalue weighted by Crippen LogP contribution is 2.15. The Morgan fingerprint density at radius 3 is 2.15 bits per heavy atom. The fourth-order valence-corrected chi connectivity index (χ4v) is 2.49. The van der Waals surface area contributed by atoms with Crippen LogP contribution >= 0.6 is 0 Å². The molecule has 1 atom stereocenters. The molecule has 0 saturated carbocycles. The van der Waals surface area contributed by atoms with Crippen molar-refractivity contribution in [3.05, 3.63) is 0 Å². The SMILES string of the molecule is C#C.CC.CC.C[C@H]1CN(CC2CCNCC2)CCO1. The Bertz CT molecular complexity index is 200. The maximum atomic E-state index is 5.54. The van der Waals surface area contributed by atoms with E-state index in [1.54, 1.807) is 0 Å². The molecule has 120 valence electrons. The van der Waals surface area contributed by atoms with Crippen LogP contribution < -0.4 is 5.32 Å². The molecule has 2 aliphatic heterocycles. The van der Waals surface area contributed by atoms with Gasteiger partial charge in [0.2, 0.25) is 0 Å². The molecule has 2 saturated heterocycles. The summed E-state index contributed by atoms with van der Waals surface area (Å²) in [7, 11) is 0. The Balaban J connectivity index is 0. The highest BCUT2D eigenvalue weighted by Gasteiger charge is 2.21. The fraction of sp³-hybridized carbons (Fsp3) is 0.882. The minimum atomic E-state index is 0.436. The summed E-state index contributed by atoms with van der Waals surface area (Å²) < 4.78 is 5.54. The summed E-state index contributed by atoms with van der Waals surface area (Å²) in [5.74, 6) is 0.918. The topological polar surface area (TPSA) is 24.5 Å². The molecule has 2 fully saturated rings. The highest BCUT2D eigenvalue weighted by molar-refractivity contribution is 4.75. The van der Waals surface area contributed by atoms with Gasteiger partial charge >= 0.3 is 0 Å². The molecule has 0 radical (unpaired) electrons. The van der Waals surface area contributed by atoms with E-state index in [-0.39, 0.29) is 0 Å². The molecule has 0 unspecified atom stereocenters. The molecule has 3 heteroatoms. The third-order valence-corrected chi connectivity index (χ3v) is 3.30. The van der Waals surface area contributed by atoms with Crippen molar-refractivity contribution in [3.63, 3.8) is 0 Å². The monoisotopic (exact) mass is 284 g/mol. The van der Waals surface area contributed by atoms with Crippen molar-refractivity contribution in [1.82, 2.24) is 10.2 Å². The van der Waals surface area contributed by atoms with Crippen LogP contribution in [0.4, 0.5) is 0 Å². The van der Waals surface area contributed by atoms with Crippen molar-refractivity contribution in [2.75, 3.05) is 39.3 Å². The van der Waals surface area contributed by atoms with Crippen LogP contribution in [-0.4, -0.2) is 50.3 Å². The van der Waals surface area contributed by atoms with Gasteiger partial charge in [0.15, 0.2) is 0 Å². The predicted octanol–water partition coefficient (Wildman–Crippen LogP) is 3.01. The molecule has 2 rings (SSSR count). The number of piperidine rings is 1. The summed E-state index contributed by atoms with van der Waals surface area (Å²) in [4.78, 5) is 2.57. The first kappa shape index (κ1) is 21.7. The maximum Gasteiger partial charge on any atom is 0.0674 e. The van der Waals surface area contributed by atoms with Crippen LogP contribution in [-0.2, 0) is 4.74 Å². The van der Waals surface area contributed by atoms with Gasteiger partial charge in [-0.15, -0.1) is 12.8 Å². The Hall–Kier alpha value is -0.560.